The molecule has 17 heavy (non-hydrogen) atoms. The Morgan fingerprint density at radius 1 is 1.35 bits per heavy atom. The topological polar surface area (TPSA) is 15.3 Å². The number of anilines is 1. The van der Waals surface area contributed by atoms with Crippen molar-refractivity contribution in [3.8, 4) is 0 Å². The van der Waals surface area contributed by atoms with Crippen LogP contribution in [0, 0.1) is 0 Å². The minimum atomic E-state index is 0.754. The van der Waals surface area contributed by atoms with E-state index in [0.29, 0.717) is 0 Å². The molecule has 3 heteroatoms. The van der Waals surface area contributed by atoms with Crippen LogP contribution >= 0.6 is 15.9 Å². The second-order valence-corrected chi connectivity index (χ2v) is 5.64. The van der Waals surface area contributed by atoms with Crippen molar-refractivity contribution in [2.45, 2.75) is 32.2 Å². The third kappa shape index (κ3) is 3.71. The Morgan fingerprint density at radius 3 is 2.94 bits per heavy atom. The van der Waals surface area contributed by atoms with Gasteiger partial charge in [0.15, 0.2) is 0 Å². The van der Waals surface area contributed by atoms with Gasteiger partial charge in [-0.3, -0.25) is 4.90 Å². The predicted octanol–water partition coefficient (Wildman–Crippen LogP) is 3.74. The van der Waals surface area contributed by atoms with Crippen molar-refractivity contribution in [2.75, 3.05) is 25.0 Å². The van der Waals surface area contributed by atoms with Gasteiger partial charge in [0.25, 0.3) is 0 Å². The lowest BCUT2D eigenvalue weighted by molar-refractivity contribution is 0.167. The van der Waals surface area contributed by atoms with E-state index in [9.17, 15) is 0 Å². The molecule has 1 heterocycles. The van der Waals surface area contributed by atoms with Crippen LogP contribution in [0.15, 0.2) is 28.7 Å². The fraction of sp³-hybridized carbons (Fsp3) is 0.571. The van der Waals surface area contributed by atoms with Crippen molar-refractivity contribution in [3.63, 3.8) is 0 Å². The molecule has 1 N–H and O–H groups in total. The molecule has 94 valence electrons. The van der Waals surface area contributed by atoms with Crippen molar-refractivity contribution in [3.05, 3.63) is 28.7 Å². The van der Waals surface area contributed by atoms with Gasteiger partial charge in [-0.1, -0.05) is 18.6 Å². The Hall–Kier alpha value is -0.540. The molecule has 0 bridgehead atoms. The maximum Gasteiger partial charge on any atom is 0.0485 e. The molecule has 1 saturated heterocycles. The fourth-order valence-corrected chi connectivity index (χ4v) is 2.85. The number of benzene rings is 1. The Morgan fingerprint density at radius 2 is 2.18 bits per heavy atom. The average Bonchev–Trinajstić information content (AvgIpc) is 2.34. The molecule has 1 aliphatic heterocycles. The normalized spacial score (nSPS) is 21.4. The van der Waals surface area contributed by atoms with Gasteiger partial charge in [-0.25, -0.2) is 0 Å². The molecule has 1 aromatic rings. The predicted molar refractivity (Wildman–Crippen MR) is 77.5 cm³/mol. The number of nitrogens with zero attached hydrogens (tertiary/aromatic N) is 1. The Balaban J connectivity index is 1.77. The number of likely N-dealkylation sites (tertiary alicyclic amines) is 1. The number of para-hydroxylation sites is 1. The third-order valence-corrected chi connectivity index (χ3v) is 4.22. The first-order chi connectivity index (χ1) is 8.27. The molecule has 2 rings (SSSR count). The molecular formula is C14H21BrN2. The number of rotatable bonds is 4. The van der Waals surface area contributed by atoms with Gasteiger partial charge >= 0.3 is 0 Å². The zero-order valence-electron chi connectivity index (χ0n) is 10.5. The van der Waals surface area contributed by atoms with Crippen LogP contribution in [0.5, 0.6) is 0 Å². The average molecular weight is 297 g/mol. The standard InChI is InChI=1S/C14H21BrN2/c1-12-6-4-5-10-17(12)11-9-16-14-8-3-2-7-13(14)15/h2-3,7-8,12,16H,4-6,9-11H2,1H3. The summed E-state index contributed by atoms with van der Waals surface area (Å²) in [7, 11) is 0. The highest BCUT2D eigenvalue weighted by Gasteiger charge is 2.17. The van der Waals surface area contributed by atoms with Crippen LogP contribution in [0.1, 0.15) is 26.2 Å². The van der Waals surface area contributed by atoms with Gasteiger partial charge in [-0.15, -0.1) is 0 Å². The van der Waals surface area contributed by atoms with Crippen LogP contribution in [-0.4, -0.2) is 30.6 Å². The van der Waals surface area contributed by atoms with Crippen LogP contribution < -0.4 is 5.32 Å². The molecular weight excluding hydrogens is 276 g/mol. The van der Waals surface area contributed by atoms with Gasteiger partial charge in [0, 0.05) is 29.3 Å². The SMILES string of the molecule is CC1CCCCN1CCNc1ccccc1Br. The third-order valence-electron chi connectivity index (χ3n) is 3.53. The summed E-state index contributed by atoms with van der Waals surface area (Å²) < 4.78 is 1.15. The summed E-state index contributed by atoms with van der Waals surface area (Å²) in [6.07, 6.45) is 4.11. The summed E-state index contributed by atoms with van der Waals surface area (Å²) in [5, 5.41) is 3.49. The van der Waals surface area contributed by atoms with Gasteiger partial charge < -0.3 is 5.32 Å². The van der Waals surface area contributed by atoms with E-state index in [1.54, 1.807) is 0 Å². The van der Waals surface area contributed by atoms with Crippen LogP contribution in [0.25, 0.3) is 0 Å². The van der Waals surface area contributed by atoms with Gasteiger partial charge in [0.2, 0.25) is 0 Å². The molecule has 0 amide bonds. The molecule has 0 radical (unpaired) electrons. The monoisotopic (exact) mass is 296 g/mol. The van der Waals surface area contributed by atoms with Crippen molar-refractivity contribution in [1.82, 2.24) is 4.90 Å². The van der Waals surface area contributed by atoms with Crippen LogP contribution in [0.4, 0.5) is 5.69 Å². The minimum absolute atomic E-state index is 0.754. The first-order valence-electron chi connectivity index (χ1n) is 6.50. The molecule has 1 atom stereocenters. The summed E-state index contributed by atoms with van der Waals surface area (Å²) >= 11 is 3.56. The lowest BCUT2D eigenvalue weighted by Crippen LogP contribution is -2.40. The second kappa shape index (κ2) is 6.41. The van der Waals surface area contributed by atoms with Crippen LogP contribution in [0.3, 0.4) is 0 Å². The summed E-state index contributed by atoms with van der Waals surface area (Å²) in [5.74, 6) is 0. The Bertz CT molecular complexity index is 354. The van der Waals surface area contributed by atoms with Crippen molar-refractivity contribution in [1.29, 1.82) is 0 Å². The van der Waals surface area contributed by atoms with E-state index < -0.39 is 0 Å². The van der Waals surface area contributed by atoms with Crippen molar-refractivity contribution < 1.29 is 0 Å². The van der Waals surface area contributed by atoms with Crippen molar-refractivity contribution >= 4 is 21.6 Å². The number of piperidine rings is 1. The summed E-state index contributed by atoms with van der Waals surface area (Å²) in [4.78, 5) is 2.59. The van der Waals surface area contributed by atoms with Crippen molar-refractivity contribution in [2.24, 2.45) is 0 Å². The molecule has 0 saturated carbocycles. The summed E-state index contributed by atoms with van der Waals surface area (Å²) in [6.45, 7) is 5.77. The van der Waals surface area contributed by atoms with E-state index in [-0.39, 0.29) is 0 Å². The lowest BCUT2D eigenvalue weighted by atomic mass is 10.0. The number of hydrogen-bond acceptors (Lipinski definition) is 2. The first kappa shape index (κ1) is 12.9. The minimum Gasteiger partial charge on any atom is -0.383 e. The van der Waals surface area contributed by atoms with Crippen LogP contribution in [-0.2, 0) is 0 Å². The Kier molecular flexibility index (Phi) is 4.86. The summed E-state index contributed by atoms with van der Waals surface area (Å²) in [6, 6.07) is 9.05. The van der Waals surface area contributed by atoms with Gasteiger partial charge in [-0.05, 0) is 54.4 Å². The number of halogens is 1. The number of hydrogen-bond donors (Lipinski definition) is 1. The highest BCUT2D eigenvalue weighted by Crippen LogP contribution is 2.21. The molecule has 0 aromatic heterocycles. The van der Waals surface area contributed by atoms with E-state index in [0.717, 1.165) is 23.6 Å². The van der Waals surface area contributed by atoms with E-state index in [4.69, 9.17) is 0 Å². The van der Waals surface area contributed by atoms with Gasteiger partial charge in [0.1, 0.15) is 0 Å². The zero-order chi connectivity index (χ0) is 12.1. The molecule has 1 unspecified atom stereocenters. The molecule has 1 fully saturated rings. The highest BCUT2D eigenvalue weighted by molar-refractivity contribution is 9.10. The smallest absolute Gasteiger partial charge is 0.0485 e. The van der Waals surface area contributed by atoms with Gasteiger partial charge in [-0.2, -0.15) is 0 Å². The number of nitrogens with one attached hydrogen (secondary N) is 1. The quantitative estimate of drug-likeness (QED) is 0.911. The summed E-state index contributed by atoms with van der Waals surface area (Å²) in [5.41, 5.74) is 1.19. The molecule has 1 aromatic carbocycles. The molecule has 0 spiro atoms. The van der Waals surface area contributed by atoms with Crippen LogP contribution in [0.2, 0.25) is 0 Å². The zero-order valence-corrected chi connectivity index (χ0v) is 12.0. The van der Waals surface area contributed by atoms with E-state index >= 15 is 0 Å². The van der Waals surface area contributed by atoms with Gasteiger partial charge in [0.05, 0.1) is 0 Å². The lowest BCUT2D eigenvalue weighted by Gasteiger charge is -2.33. The first-order valence-corrected chi connectivity index (χ1v) is 7.29. The largest absolute Gasteiger partial charge is 0.383 e. The fourth-order valence-electron chi connectivity index (χ4n) is 2.43. The van der Waals surface area contributed by atoms with E-state index in [1.165, 1.54) is 31.5 Å². The highest BCUT2D eigenvalue weighted by atomic mass is 79.9. The van der Waals surface area contributed by atoms with E-state index in [1.807, 2.05) is 6.07 Å². The molecule has 0 aliphatic carbocycles. The maximum atomic E-state index is 3.56. The maximum absolute atomic E-state index is 3.56. The second-order valence-electron chi connectivity index (χ2n) is 4.79. The van der Waals surface area contributed by atoms with E-state index in [2.05, 4.69) is 51.3 Å². The molecule has 1 aliphatic rings. The molecule has 2 nitrogen and oxygen atoms in total. The Labute approximate surface area is 113 Å².